The zero-order chi connectivity index (χ0) is 36.2. The van der Waals surface area contributed by atoms with Crippen molar-refractivity contribution in [2.75, 3.05) is 4.90 Å². The molecule has 256 valence electrons. The van der Waals surface area contributed by atoms with Crippen LogP contribution in [0, 0.1) is 0 Å². The number of hydrogen-bond donors (Lipinski definition) is 0. The lowest BCUT2D eigenvalue weighted by Crippen LogP contribution is -2.16. The highest BCUT2D eigenvalue weighted by Gasteiger charge is 2.35. The maximum absolute atomic E-state index is 2.45. The Labute approximate surface area is 317 Å². The standard InChI is InChI=1S/C53H39N/c1-53(2)51-20-12-11-19-48(51)49-32-29-44(35-52(49)53)54(42-27-31-47-41(33-42)26-25-39-17-9-10-18-45(39)47)43-28-30-46(50(34-43)38-15-7-4-8-16-38)40-23-21-37(22-24-40)36-13-5-3-6-14-36/h3-35H,1-2H3. The Morgan fingerprint density at radius 3 is 1.63 bits per heavy atom. The molecule has 9 aromatic carbocycles. The van der Waals surface area contributed by atoms with E-state index in [0.717, 1.165) is 17.1 Å². The lowest BCUT2D eigenvalue weighted by molar-refractivity contribution is 0.660. The van der Waals surface area contributed by atoms with Crippen LogP contribution in [-0.2, 0) is 5.41 Å². The highest BCUT2D eigenvalue weighted by Crippen LogP contribution is 2.51. The zero-order valence-electron chi connectivity index (χ0n) is 30.5. The molecule has 1 nitrogen and oxygen atoms in total. The SMILES string of the molecule is CC1(C)c2ccccc2-c2ccc(N(c3ccc(-c4ccc(-c5ccccc5)cc4)c(-c4ccccc4)c3)c3ccc4c(ccc5ccccc54)c3)cc21. The summed E-state index contributed by atoms with van der Waals surface area (Å²) in [7, 11) is 0. The molecular formula is C53H39N. The molecule has 1 heteroatoms. The van der Waals surface area contributed by atoms with Crippen LogP contribution in [0.5, 0.6) is 0 Å². The Hall–Kier alpha value is -6.70. The van der Waals surface area contributed by atoms with Gasteiger partial charge in [-0.05, 0) is 114 Å². The molecular weight excluding hydrogens is 651 g/mol. The summed E-state index contributed by atoms with van der Waals surface area (Å²) in [6.45, 7) is 4.72. The normalized spacial score (nSPS) is 12.8. The molecule has 0 saturated carbocycles. The minimum absolute atomic E-state index is 0.110. The Kier molecular flexibility index (Phi) is 7.56. The predicted molar refractivity (Wildman–Crippen MR) is 230 cm³/mol. The topological polar surface area (TPSA) is 3.24 Å². The summed E-state index contributed by atoms with van der Waals surface area (Å²) in [5, 5.41) is 5.03. The number of benzene rings is 9. The Balaban J connectivity index is 1.16. The number of hydrogen-bond acceptors (Lipinski definition) is 1. The van der Waals surface area contributed by atoms with E-state index in [9.17, 15) is 0 Å². The number of fused-ring (bicyclic) bond motifs is 6. The fourth-order valence-electron chi connectivity index (χ4n) is 8.67. The highest BCUT2D eigenvalue weighted by atomic mass is 15.1. The molecule has 0 saturated heterocycles. The van der Waals surface area contributed by atoms with E-state index in [-0.39, 0.29) is 5.41 Å². The molecule has 0 unspecified atom stereocenters. The summed E-state index contributed by atoms with van der Waals surface area (Å²) >= 11 is 0. The summed E-state index contributed by atoms with van der Waals surface area (Å²) in [5.74, 6) is 0. The van der Waals surface area contributed by atoms with Crippen LogP contribution in [0.3, 0.4) is 0 Å². The van der Waals surface area contributed by atoms with Gasteiger partial charge >= 0.3 is 0 Å². The Bertz CT molecular complexity index is 2830. The summed E-state index contributed by atoms with van der Waals surface area (Å²) in [4.78, 5) is 2.45. The minimum Gasteiger partial charge on any atom is -0.310 e. The first-order valence-electron chi connectivity index (χ1n) is 18.8. The van der Waals surface area contributed by atoms with Gasteiger partial charge in [-0.25, -0.2) is 0 Å². The van der Waals surface area contributed by atoms with Crippen LogP contribution in [0.2, 0.25) is 0 Å². The van der Waals surface area contributed by atoms with Crippen molar-refractivity contribution in [1.82, 2.24) is 0 Å². The third-order valence-corrected chi connectivity index (χ3v) is 11.5. The minimum atomic E-state index is -0.110. The van der Waals surface area contributed by atoms with Gasteiger partial charge in [0, 0.05) is 22.5 Å². The van der Waals surface area contributed by atoms with Crippen molar-refractivity contribution >= 4 is 38.6 Å². The summed E-state index contributed by atoms with van der Waals surface area (Å²) < 4.78 is 0. The number of nitrogens with zero attached hydrogens (tertiary/aromatic N) is 1. The van der Waals surface area contributed by atoms with Crippen molar-refractivity contribution in [1.29, 1.82) is 0 Å². The first-order chi connectivity index (χ1) is 26.5. The second kappa shape index (κ2) is 12.8. The van der Waals surface area contributed by atoms with E-state index < -0.39 is 0 Å². The monoisotopic (exact) mass is 689 g/mol. The maximum atomic E-state index is 2.45. The third-order valence-electron chi connectivity index (χ3n) is 11.5. The van der Waals surface area contributed by atoms with E-state index in [1.54, 1.807) is 0 Å². The quantitative estimate of drug-likeness (QED) is 0.157. The molecule has 0 N–H and O–H groups in total. The lowest BCUT2D eigenvalue weighted by Gasteiger charge is -2.29. The predicted octanol–water partition coefficient (Wildman–Crippen LogP) is 14.8. The molecule has 1 aliphatic carbocycles. The molecule has 9 aromatic rings. The van der Waals surface area contributed by atoms with Crippen LogP contribution in [0.25, 0.3) is 66.1 Å². The van der Waals surface area contributed by atoms with E-state index in [1.807, 2.05) is 0 Å². The van der Waals surface area contributed by atoms with Crippen LogP contribution in [0.4, 0.5) is 17.1 Å². The molecule has 0 spiro atoms. The average molecular weight is 690 g/mol. The van der Waals surface area contributed by atoms with Crippen LogP contribution < -0.4 is 4.90 Å². The first-order valence-corrected chi connectivity index (χ1v) is 18.8. The van der Waals surface area contributed by atoms with E-state index in [2.05, 4.69) is 219 Å². The number of rotatable bonds is 6. The number of anilines is 3. The second-order valence-electron chi connectivity index (χ2n) is 15.0. The first kappa shape index (κ1) is 32.0. The van der Waals surface area contributed by atoms with Gasteiger partial charge in [-0.15, -0.1) is 0 Å². The molecule has 0 aromatic heterocycles. The molecule has 0 amide bonds. The zero-order valence-corrected chi connectivity index (χ0v) is 30.5. The van der Waals surface area contributed by atoms with Gasteiger partial charge in [0.1, 0.15) is 0 Å². The van der Waals surface area contributed by atoms with E-state index in [1.165, 1.54) is 77.2 Å². The van der Waals surface area contributed by atoms with Crippen LogP contribution >= 0.6 is 0 Å². The van der Waals surface area contributed by atoms with Crippen molar-refractivity contribution < 1.29 is 0 Å². The van der Waals surface area contributed by atoms with Crippen molar-refractivity contribution in [3.8, 4) is 44.5 Å². The lowest BCUT2D eigenvalue weighted by atomic mass is 9.82. The van der Waals surface area contributed by atoms with Gasteiger partial charge in [-0.1, -0.05) is 178 Å². The molecule has 0 aliphatic heterocycles. The van der Waals surface area contributed by atoms with Gasteiger partial charge in [0.15, 0.2) is 0 Å². The van der Waals surface area contributed by atoms with E-state index >= 15 is 0 Å². The Morgan fingerprint density at radius 2 is 0.833 bits per heavy atom. The largest absolute Gasteiger partial charge is 0.310 e. The van der Waals surface area contributed by atoms with Crippen LogP contribution in [0.15, 0.2) is 200 Å². The summed E-state index contributed by atoms with van der Waals surface area (Å²) in [5.41, 5.74) is 15.9. The van der Waals surface area contributed by atoms with Crippen molar-refractivity contribution in [3.05, 3.63) is 211 Å². The van der Waals surface area contributed by atoms with Crippen LogP contribution in [0.1, 0.15) is 25.0 Å². The fourth-order valence-corrected chi connectivity index (χ4v) is 8.67. The molecule has 54 heavy (non-hydrogen) atoms. The van der Waals surface area contributed by atoms with Gasteiger partial charge in [-0.3, -0.25) is 0 Å². The van der Waals surface area contributed by atoms with Gasteiger partial charge < -0.3 is 4.90 Å². The Morgan fingerprint density at radius 1 is 0.315 bits per heavy atom. The van der Waals surface area contributed by atoms with Crippen molar-refractivity contribution in [2.45, 2.75) is 19.3 Å². The molecule has 1 aliphatic rings. The van der Waals surface area contributed by atoms with Crippen molar-refractivity contribution in [2.24, 2.45) is 0 Å². The second-order valence-corrected chi connectivity index (χ2v) is 15.0. The average Bonchev–Trinajstić information content (AvgIpc) is 3.47. The smallest absolute Gasteiger partial charge is 0.0468 e. The van der Waals surface area contributed by atoms with E-state index in [0.29, 0.717) is 0 Å². The molecule has 0 atom stereocenters. The maximum Gasteiger partial charge on any atom is 0.0468 e. The highest BCUT2D eigenvalue weighted by molar-refractivity contribution is 6.08. The molecule has 10 rings (SSSR count). The van der Waals surface area contributed by atoms with Gasteiger partial charge in [0.25, 0.3) is 0 Å². The van der Waals surface area contributed by atoms with Gasteiger partial charge in [-0.2, -0.15) is 0 Å². The van der Waals surface area contributed by atoms with Crippen molar-refractivity contribution in [3.63, 3.8) is 0 Å². The molecule has 0 fully saturated rings. The van der Waals surface area contributed by atoms with Crippen LogP contribution in [-0.4, -0.2) is 0 Å². The van der Waals surface area contributed by atoms with E-state index in [4.69, 9.17) is 0 Å². The third kappa shape index (κ3) is 5.32. The molecule has 0 heterocycles. The van der Waals surface area contributed by atoms with Gasteiger partial charge in [0.05, 0.1) is 0 Å². The fraction of sp³-hybridized carbons (Fsp3) is 0.0566. The summed E-state index contributed by atoms with van der Waals surface area (Å²) in [6.07, 6.45) is 0. The molecule has 0 bridgehead atoms. The van der Waals surface area contributed by atoms with Gasteiger partial charge in [0.2, 0.25) is 0 Å². The molecule has 0 radical (unpaired) electrons. The summed E-state index contributed by atoms with van der Waals surface area (Å²) in [6, 6.07) is 73.5.